The van der Waals surface area contributed by atoms with Gasteiger partial charge in [-0.2, -0.15) is 0 Å². The molecule has 0 aliphatic carbocycles. The van der Waals surface area contributed by atoms with Crippen LogP contribution in [0.4, 0.5) is 0 Å². The molecule has 0 aliphatic rings. The van der Waals surface area contributed by atoms with E-state index in [0.29, 0.717) is 26.1 Å². The summed E-state index contributed by atoms with van der Waals surface area (Å²) in [5, 5.41) is 47.9. The third-order valence-electron chi connectivity index (χ3n) is 7.90. The molecular formula is C47H101N4O19P. The Hall–Kier alpha value is -3.80. The normalized spacial score (nSPS) is 10.1. The molecule has 0 rings (SSSR count). The molecule has 15 N–H and O–H groups in total. The largest absolute Gasteiger partial charge is 0.481 e. The van der Waals surface area contributed by atoms with Gasteiger partial charge in [0.25, 0.3) is 29.8 Å². The van der Waals surface area contributed by atoms with Crippen molar-refractivity contribution in [3.8, 4) is 0 Å². The number of phosphoric acid groups is 1. The van der Waals surface area contributed by atoms with Gasteiger partial charge in [0, 0.05) is 80.2 Å². The summed E-state index contributed by atoms with van der Waals surface area (Å²) in [5.74, 6) is -5.05. The van der Waals surface area contributed by atoms with Gasteiger partial charge in [-0.3, -0.25) is 38.1 Å². The lowest BCUT2D eigenvalue weighted by atomic mass is 10.1. The Morgan fingerprint density at radius 2 is 0.718 bits per heavy atom. The second-order valence-electron chi connectivity index (χ2n) is 15.6. The quantitative estimate of drug-likeness (QED) is 0.0175. The van der Waals surface area contributed by atoms with Crippen LogP contribution in [-0.2, 0) is 52.1 Å². The average Bonchev–Trinajstić information content (AvgIpc) is 3.25. The van der Waals surface area contributed by atoms with Crippen molar-refractivity contribution in [2.75, 3.05) is 52.5 Å². The molecule has 0 amide bonds. The number of aliphatic carboxylic acids is 5. The van der Waals surface area contributed by atoms with Crippen molar-refractivity contribution in [1.82, 2.24) is 5.32 Å². The highest BCUT2D eigenvalue weighted by molar-refractivity contribution is 7.46. The van der Waals surface area contributed by atoms with Gasteiger partial charge in [0.2, 0.25) is 0 Å². The smallest absolute Gasteiger partial charge is 0.469 e. The molecular weight excluding hydrogens is 955 g/mol. The molecule has 0 spiro atoms. The van der Waals surface area contributed by atoms with Crippen molar-refractivity contribution in [3.05, 3.63) is 0 Å². The summed E-state index contributed by atoms with van der Waals surface area (Å²) in [6.07, 6.45) is 25.4. The van der Waals surface area contributed by atoms with E-state index in [9.17, 15) is 14.2 Å². The van der Waals surface area contributed by atoms with Crippen molar-refractivity contribution in [2.45, 2.75) is 209 Å². The lowest BCUT2D eigenvalue weighted by Crippen LogP contribution is -2.29. The van der Waals surface area contributed by atoms with E-state index in [-0.39, 0.29) is 26.1 Å². The van der Waals surface area contributed by atoms with E-state index in [0.717, 1.165) is 86.2 Å². The van der Waals surface area contributed by atoms with Crippen LogP contribution in [0.5, 0.6) is 0 Å². The number of carboxylic acids is 5. The fraction of sp³-hybridized carbons (Fsp3) is 0.851. The Balaban J connectivity index is -0.000000170. The standard InChI is InChI=1S/C31H61O8P.C4H13N3.C2H7NO.5C2H4O2/c1-3-5-7-9-11-13-15-17-19-21-23-25-30(32)37-27-29(28-38-40(34,35)36)39-31(33)26-24-22-20-18-16-14-12-10-8-6-4-2;5-1-3-7-4-2-6;3-1-2-4;5*1-2(3)4/h29H,3-28H2,1-2H3,(H2,34,35,36);7H,1-6H2;4H,1-3H2;5*1H3,(H,3,4). The van der Waals surface area contributed by atoms with Crippen LogP contribution in [0.1, 0.15) is 203 Å². The summed E-state index contributed by atoms with van der Waals surface area (Å²) < 4.78 is 26.1. The van der Waals surface area contributed by atoms with Gasteiger partial charge in [-0.25, -0.2) is 4.57 Å². The van der Waals surface area contributed by atoms with Crippen LogP contribution in [0.25, 0.3) is 0 Å². The van der Waals surface area contributed by atoms with Crippen LogP contribution in [0.2, 0.25) is 0 Å². The van der Waals surface area contributed by atoms with Crippen LogP contribution >= 0.6 is 7.82 Å². The summed E-state index contributed by atoms with van der Waals surface area (Å²) in [7, 11) is -4.73. The molecule has 71 heavy (non-hydrogen) atoms. The van der Waals surface area contributed by atoms with E-state index in [1.165, 1.54) is 96.3 Å². The fourth-order valence-corrected chi connectivity index (χ4v) is 5.36. The van der Waals surface area contributed by atoms with Gasteiger partial charge in [-0.05, 0) is 12.8 Å². The summed E-state index contributed by atoms with van der Waals surface area (Å²) in [6, 6.07) is 0. The Morgan fingerprint density at radius 3 is 0.958 bits per heavy atom. The number of hydrogen-bond donors (Lipinski definition) is 12. The van der Waals surface area contributed by atoms with Crippen LogP contribution in [0.3, 0.4) is 0 Å². The lowest BCUT2D eigenvalue weighted by molar-refractivity contribution is -0.161. The maximum absolute atomic E-state index is 12.3. The molecule has 0 bridgehead atoms. The Bertz CT molecular complexity index is 1140. The number of carbonyl (C=O) groups is 7. The maximum Gasteiger partial charge on any atom is 0.469 e. The number of ether oxygens (including phenoxy) is 2. The predicted octanol–water partition coefficient (Wildman–Crippen LogP) is 6.84. The number of aliphatic hydroxyl groups excluding tert-OH is 1. The maximum atomic E-state index is 12.3. The first kappa shape index (κ1) is 84.0. The monoisotopic (exact) mass is 1060 g/mol. The molecule has 0 heterocycles. The molecule has 24 heteroatoms. The number of carbonyl (C=O) groups excluding carboxylic acids is 2. The number of esters is 2. The van der Waals surface area contributed by atoms with Crippen LogP contribution in [0.15, 0.2) is 0 Å². The van der Waals surface area contributed by atoms with Gasteiger partial charge < -0.3 is 72.4 Å². The van der Waals surface area contributed by atoms with E-state index < -0.39 is 62.3 Å². The van der Waals surface area contributed by atoms with E-state index in [2.05, 4.69) is 23.7 Å². The number of hydrogen-bond acceptors (Lipinski definition) is 16. The minimum atomic E-state index is -4.73. The highest BCUT2D eigenvalue weighted by Gasteiger charge is 2.23. The highest BCUT2D eigenvalue weighted by atomic mass is 31.2. The highest BCUT2D eigenvalue weighted by Crippen LogP contribution is 2.36. The van der Waals surface area contributed by atoms with Gasteiger partial charge in [0.05, 0.1) is 13.2 Å². The molecule has 428 valence electrons. The van der Waals surface area contributed by atoms with E-state index in [1.54, 1.807) is 0 Å². The van der Waals surface area contributed by atoms with Crippen molar-refractivity contribution >= 4 is 49.6 Å². The third-order valence-corrected chi connectivity index (χ3v) is 8.38. The topological polar surface area (TPSA) is 416 Å². The van der Waals surface area contributed by atoms with Gasteiger partial charge in [0.15, 0.2) is 6.10 Å². The van der Waals surface area contributed by atoms with Crippen molar-refractivity contribution < 1.29 is 92.6 Å². The molecule has 0 aromatic carbocycles. The number of phosphoric ester groups is 1. The Kier molecular flexibility index (Phi) is 86.1. The number of aliphatic hydroxyl groups is 1. The second-order valence-corrected chi connectivity index (χ2v) is 16.8. The Labute approximate surface area is 425 Å². The zero-order chi connectivity index (χ0) is 56.6. The number of nitrogens with two attached hydrogens (primary N) is 3. The zero-order valence-corrected chi connectivity index (χ0v) is 45.3. The predicted molar refractivity (Wildman–Crippen MR) is 275 cm³/mol. The number of nitrogens with one attached hydrogen (secondary N) is 1. The van der Waals surface area contributed by atoms with Crippen molar-refractivity contribution in [1.29, 1.82) is 0 Å². The summed E-state index contributed by atoms with van der Waals surface area (Å²) >= 11 is 0. The molecule has 0 aliphatic heterocycles. The van der Waals surface area contributed by atoms with Gasteiger partial charge in [-0.1, -0.05) is 142 Å². The summed E-state index contributed by atoms with van der Waals surface area (Å²) in [5.41, 5.74) is 15.1. The summed E-state index contributed by atoms with van der Waals surface area (Å²) in [4.78, 5) is 87.4. The van der Waals surface area contributed by atoms with E-state index in [1.807, 2.05) is 0 Å². The van der Waals surface area contributed by atoms with Crippen molar-refractivity contribution in [3.63, 3.8) is 0 Å². The van der Waals surface area contributed by atoms with Gasteiger partial charge >= 0.3 is 19.8 Å². The molecule has 0 aromatic heterocycles. The Morgan fingerprint density at radius 1 is 0.465 bits per heavy atom. The van der Waals surface area contributed by atoms with E-state index >= 15 is 0 Å². The van der Waals surface area contributed by atoms with Gasteiger partial charge in [-0.15, -0.1) is 0 Å². The molecule has 0 fully saturated rings. The fourth-order valence-electron chi connectivity index (χ4n) is 5.00. The minimum absolute atomic E-state index is 0.0972. The molecule has 0 radical (unpaired) electrons. The molecule has 23 nitrogen and oxygen atoms in total. The molecule has 1 unspecified atom stereocenters. The van der Waals surface area contributed by atoms with Crippen LogP contribution in [-0.4, -0.2) is 141 Å². The molecule has 1 atom stereocenters. The first-order valence-corrected chi connectivity index (χ1v) is 26.2. The first-order valence-electron chi connectivity index (χ1n) is 24.7. The first-order chi connectivity index (χ1) is 33.3. The van der Waals surface area contributed by atoms with Crippen LogP contribution < -0.4 is 22.5 Å². The molecule has 0 saturated heterocycles. The van der Waals surface area contributed by atoms with E-state index in [4.69, 9.17) is 91.1 Å². The molecule has 0 saturated carbocycles. The van der Waals surface area contributed by atoms with Crippen molar-refractivity contribution in [2.24, 2.45) is 17.2 Å². The van der Waals surface area contributed by atoms with Gasteiger partial charge in [0.1, 0.15) is 6.61 Å². The third kappa shape index (κ3) is 153. The summed E-state index contributed by atoms with van der Waals surface area (Å²) in [6.45, 7) is 12.7. The number of carboxylic acid groups (broad SMARTS) is 5. The van der Waals surface area contributed by atoms with Crippen LogP contribution in [0, 0.1) is 0 Å². The number of rotatable bonds is 35. The average molecular weight is 1060 g/mol. The zero-order valence-electron chi connectivity index (χ0n) is 44.5. The number of unbranched alkanes of at least 4 members (excludes halogenated alkanes) is 20. The lowest BCUT2D eigenvalue weighted by Gasteiger charge is -2.18. The second kappa shape index (κ2) is 72.7. The molecule has 0 aromatic rings. The SMILES string of the molecule is CC(=O)O.CC(=O)O.CC(=O)O.CC(=O)O.CC(=O)O.CCCCCCCCCCCCCC(=O)OCC(COP(=O)(O)O)OC(=O)CCCCCCCCCCCCC.NCCNCCN.NCCO. The minimum Gasteiger partial charge on any atom is -0.481 e.